The summed E-state index contributed by atoms with van der Waals surface area (Å²) in [5.41, 5.74) is 3.89. The van der Waals surface area contributed by atoms with Crippen LogP contribution >= 0.6 is 0 Å². The number of fused-ring (bicyclic) bond motifs is 3. The number of benzene rings is 1. The predicted octanol–water partition coefficient (Wildman–Crippen LogP) is 4.18. The molecule has 2 N–H and O–H groups in total. The molecule has 1 aromatic carbocycles. The van der Waals surface area contributed by atoms with Gasteiger partial charge in [0.05, 0.1) is 10.7 Å². The fourth-order valence-corrected chi connectivity index (χ4v) is 4.87. The molecule has 3 aliphatic rings. The van der Waals surface area contributed by atoms with E-state index in [4.69, 9.17) is 0 Å². The smallest absolute Gasteiger partial charge is 0.237 e. The van der Waals surface area contributed by atoms with E-state index in [0.717, 1.165) is 12.1 Å². The van der Waals surface area contributed by atoms with E-state index in [1.807, 2.05) is 12.1 Å². The zero-order chi connectivity index (χ0) is 21.5. The van der Waals surface area contributed by atoms with Gasteiger partial charge in [-0.1, -0.05) is 48.6 Å². The quantitative estimate of drug-likeness (QED) is 0.761. The van der Waals surface area contributed by atoms with Gasteiger partial charge in [-0.2, -0.15) is 0 Å². The molecule has 0 aliphatic heterocycles. The summed E-state index contributed by atoms with van der Waals surface area (Å²) in [5, 5.41) is 3.10. The van der Waals surface area contributed by atoms with Crippen LogP contribution in [0.3, 0.4) is 0 Å². The standard InChI is InChI=1S/C24H28N2O3S/c1-24(2,3)30(28,29)26-18-13-11-16(12-14-18)23(27)25-22-10-6-9-20-19-8-5-4-7-17(19)15-21(20)22/h4-11,13-14,16-17,19,26H,12,15H2,1-3H3,(H,25,27). The number of amides is 1. The fraction of sp³-hybridized carbons (Fsp3) is 0.375. The van der Waals surface area contributed by atoms with Crippen molar-refractivity contribution < 1.29 is 13.2 Å². The van der Waals surface area contributed by atoms with Crippen LogP contribution in [0.15, 0.2) is 66.4 Å². The molecular weight excluding hydrogens is 396 g/mol. The maximum absolute atomic E-state index is 12.9. The third kappa shape index (κ3) is 3.88. The second-order valence-corrected chi connectivity index (χ2v) is 11.5. The molecule has 0 fully saturated rings. The summed E-state index contributed by atoms with van der Waals surface area (Å²) in [6, 6.07) is 6.11. The second-order valence-electron chi connectivity index (χ2n) is 9.10. The van der Waals surface area contributed by atoms with Gasteiger partial charge in [0.1, 0.15) is 0 Å². The highest BCUT2D eigenvalue weighted by Gasteiger charge is 2.33. The molecule has 0 radical (unpaired) electrons. The Bertz CT molecular complexity index is 1090. The number of hydrogen-bond donors (Lipinski definition) is 2. The number of rotatable bonds is 4. The van der Waals surface area contributed by atoms with Gasteiger partial charge >= 0.3 is 0 Å². The van der Waals surface area contributed by atoms with Crippen LogP contribution < -0.4 is 10.0 Å². The van der Waals surface area contributed by atoms with Crippen LogP contribution in [0.1, 0.15) is 44.2 Å². The van der Waals surface area contributed by atoms with E-state index < -0.39 is 14.8 Å². The molecule has 0 spiro atoms. The minimum absolute atomic E-state index is 0.0745. The maximum atomic E-state index is 12.9. The maximum Gasteiger partial charge on any atom is 0.237 e. The van der Waals surface area contributed by atoms with Crippen molar-refractivity contribution in [2.24, 2.45) is 11.8 Å². The molecule has 30 heavy (non-hydrogen) atoms. The molecule has 0 aromatic heterocycles. The number of hydrogen-bond acceptors (Lipinski definition) is 3. The molecule has 3 aliphatic carbocycles. The summed E-state index contributed by atoms with van der Waals surface area (Å²) < 4.78 is 26.3. The van der Waals surface area contributed by atoms with Crippen molar-refractivity contribution in [1.82, 2.24) is 4.72 Å². The summed E-state index contributed by atoms with van der Waals surface area (Å²) in [6.07, 6.45) is 15.3. The van der Waals surface area contributed by atoms with Crippen LogP contribution in [0.4, 0.5) is 5.69 Å². The highest BCUT2D eigenvalue weighted by Crippen LogP contribution is 2.44. The lowest BCUT2D eigenvalue weighted by molar-refractivity contribution is -0.118. The van der Waals surface area contributed by atoms with Crippen molar-refractivity contribution in [2.45, 2.75) is 44.3 Å². The molecule has 5 nitrogen and oxygen atoms in total. The van der Waals surface area contributed by atoms with Crippen LogP contribution in [-0.4, -0.2) is 19.1 Å². The Morgan fingerprint density at radius 3 is 2.57 bits per heavy atom. The Labute approximate surface area is 178 Å². The first-order chi connectivity index (χ1) is 14.2. The van der Waals surface area contributed by atoms with Crippen LogP contribution in [0, 0.1) is 11.8 Å². The van der Waals surface area contributed by atoms with Crippen molar-refractivity contribution in [1.29, 1.82) is 0 Å². The SMILES string of the molecule is CC(C)(C)S(=O)(=O)NC1=CCC(C(=O)Nc2cccc3c2CC2C=CC=CC32)C=C1. The van der Waals surface area contributed by atoms with Gasteiger partial charge in [-0.05, 0) is 62.8 Å². The zero-order valence-electron chi connectivity index (χ0n) is 17.6. The highest BCUT2D eigenvalue weighted by atomic mass is 32.2. The van der Waals surface area contributed by atoms with Crippen molar-refractivity contribution in [3.8, 4) is 0 Å². The van der Waals surface area contributed by atoms with Crippen molar-refractivity contribution in [2.75, 3.05) is 5.32 Å². The first kappa shape index (κ1) is 20.7. The minimum atomic E-state index is -3.48. The van der Waals surface area contributed by atoms with Gasteiger partial charge < -0.3 is 5.32 Å². The number of allylic oxidation sites excluding steroid dienone is 6. The lowest BCUT2D eigenvalue weighted by atomic mass is 9.89. The van der Waals surface area contributed by atoms with E-state index in [0.29, 0.717) is 24.0 Å². The number of carbonyl (C=O) groups is 1. The molecule has 0 bridgehead atoms. The molecule has 0 saturated heterocycles. The van der Waals surface area contributed by atoms with E-state index in [9.17, 15) is 13.2 Å². The highest BCUT2D eigenvalue weighted by molar-refractivity contribution is 7.90. The fourth-order valence-electron chi connectivity index (χ4n) is 4.10. The topological polar surface area (TPSA) is 75.3 Å². The summed E-state index contributed by atoms with van der Waals surface area (Å²) in [5.74, 6) is 0.443. The molecule has 1 amide bonds. The molecule has 4 rings (SSSR count). The molecule has 3 unspecified atom stereocenters. The molecule has 6 heteroatoms. The second kappa shape index (κ2) is 7.58. The molecule has 0 saturated carbocycles. The number of nitrogens with one attached hydrogen (secondary N) is 2. The first-order valence-electron chi connectivity index (χ1n) is 10.3. The van der Waals surface area contributed by atoms with Gasteiger partial charge in [0.15, 0.2) is 0 Å². The molecule has 0 heterocycles. The molecule has 1 aromatic rings. The van der Waals surface area contributed by atoms with Crippen LogP contribution in [0.5, 0.6) is 0 Å². The van der Waals surface area contributed by atoms with Crippen LogP contribution in [-0.2, 0) is 21.2 Å². The number of sulfonamides is 1. The number of anilines is 1. The lowest BCUT2D eigenvalue weighted by Gasteiger charge is -2.23. The van der Waals surface area contributed by atoms with E-state index in [1.165, 1.54) is 11.1 Å². The Kier molecular flexibility index (Phi) is 5.22. The molecular formula is C24H28N2O3S. The van der Waals surface area contributed by atoms with E-state index in [1.54, 1.807) is 39.0 Å². The third-order valence-corrected chi connectivity index (χ3v) is 8.13. The average Bonchev–Trinajstić information content (AvgIpc) is 3.07. The Morgan fingerprint density at radius 1 is 1.10 bits per heavy atom. The van der Waals surface area contributed by atoms with Gasteiger partial charge in [-0.3, -0.25) is 9.52 Å². The zero-order valence-corrected chi connectivity index (χ0v) is 18.4. The van der Waals surface area contributed by atoms with Gasteiger partial charge in [-0.15, -0.1) is 0 Å². The van der Waals surface area contributed by atoms with Crippen molar-refractivity contribution in [3.63, 3.8) is 0 Å². The van der Waals surface area contributed by atoms with Crippen LogP contribution in [0.25, 0.3) is 0 Å². The van der Waals surface area contributed by atoms with Crippen LogP contribution in [0.2, 0.25) is 0 Å². The largest absolute Gasteiger partial charge is 0.325 e. The Morgan fingerprint density at radius 2 is 1.87 bits per heavy atom. The Balaban J connectivity index is 1.43. The average molecular weight is 425 g/mol. The number of carbonyl (C=O) groups excluding carboxylic acids is 1. The molecule has 158 valence electrons. The minimum Gasteiger partial charge on any atom is -0.325 e. The van der Waals surface area contributed by atoms with Crippen molar-refractivity contribution in [3.05, 3.63) is 77.6 Å². The van der Waals surface area contributed by atoms with Crippen molar-refractivity contribution >= 4 is 21.6 Å². The predicted molar refractivity (Wildman–Crippen MR) is 120 cm³/mol. The van der Waals surface area contributed by atoms with E-state index >= 15 is 0 Å². The summed E-state index contributed by atoms with van der Waals surface area (Å²) >= 11 is 0. The molecule has 3 atom stereocenters. The van der Waals surface area contributed by atoms with Gasteiger partial charge in [0.2, 0.25) is 15.9 Å². The lowest BCUT2D eigenvalue weighted by Crippen LogP contribution is -2.39. The Hall–Kier alpha value is -2.60. The summed E-state index contributed by atoms with van der Waals surface area (Å²) in [7, 11) is -3.48. The first-order valence-corrected chi connectivity index (χ1v) is 11.8. The monoisotopic (exact) mass is 424 g/mol. The summed E-state index contributed by atoms with van der Waals surface area (Å²) in [6.45, 7) is 4.95. The van der Waals surface area contributed by atoms with E-state index in [-0.39, 0.29) is 11.8 Å². The van der Waals surface area contributed by atoms with Gasteiger partial charge in [0, 0.05) is 17.3 Å². The normalized spacial score (nSPS) is 24.8. The van der Waals surface area contributed by atoms with Gasteiger partial charge in [-0.25, -0.2) is 8.42 Å². The third-order valence-electron chi connectivity index (χ3n) is 6.01. The van der Waals surface area contributed by atoms with E-state index in [2.05, 4.69) is 40.4 Å². The van der Waals surface area contributed by atoms with Gasteiger partial charge in [0.25, 0.3) is 0 Å². The summed E-state index contributed by atoms with van der Waals surface area (Å²) in [4.78, 5) is 12.9.